The van der Waals surface area contributed by atoms with Crippen LogP contribution in [0.2, 0.25) is 0 Å². The van der Waals surface area contributed by atoms with Crippen LogP contribution in [0.25, 0.3) is 0 Å². The average Bonchev–Trinajstić information content (AvgIpc) is 2.50. The summed E-state index contributed by atoms with van der Waals surface area (Å²) in [6.45, 7) is 7.24. The van der Waals surface area contributed by atoms with Gasteiger partial charge in [0.25, 0.3) is 0 Å². The summed E-state index contributed by atoms with van der Waals surface area (Å²) in [7, 11) is -4.01. The van der Waals surface area contributed by atoms with Crippen molar-refractivity contribution in [3.8, 4) is 11.5 Å². The van der Waals surface area contributed by atoms with Crippen molar-refractivity contribution in [1.82, 2.24) is 0 Å². The van der Waals surface area contributed by atoms with Gasteiger partial charge in [0.15, 0.2) is 5.78 Å². The lowest BCUT2D eigenvalue weighted by atomic mass is 10.1. The maximum absolute atomic E-state index is 12.6. The van der Waals surface area contributed by atoms with Crippen LogP contribution in [0.15, 0.2) is 41.3 Å². The van der Waals surface area contributed by atoms with Gasteiger partial charge in [-0.1, -0.05) is 12.1 Å². The molecule has 0 radical (unpaired) electrons. The Balaban J connectivity index is 2.39. The van der Waals surface area contributed by atoms with Gasteiger partial charge in [-0.25, -0.2) is 0 Å². The van der Waals surface area contributed by atoms with E-state index in [9.17, 15) is 13.2 Å². The van der Waals surface area contributed by atoms with Crippen LogP contribution in [0.4, 0.5) is 0 Å². The van der Waals surface area contributed by atoms with Gasteiger partial charge in [-0.15, -0.1) is 0 Å². The molecule has 2 aromatic carbocycles. The molecular formula is C18H20O5S. The molecule has 0 saturated heterocycles. The summed E-state index contributed by atoms with van der Waals surface area (Å²) in [6.07, 6.45) is 0. The van der Waals surface area contributed by atoms with E-state index in [-0.39, 0.29) is 16.4 Å². The van der Waals surface area contributed by atoms with Crippen molar-refractivity contribution in [2.75, 3.05) is 6.61 Å². The maximum Gasteiger partial charge on any atom is 0.339 e. The molecule has 0 unspecified atom stereocenters. The number of ketones is 1. The van der Waals surface area contributed by atoms with E-state index in [0.717, 1.165) is 0 Å². The molecule has 0 aliphatic heterocycles. The van der Waals surface area contributed by atoms with Crippen LogP contribution in [0.3, 0.4) is 0 Å². The predicted molar refractivity (Wildman–Crippen MR) is 91.3 cm³/mol. The van der Waals surface area contributed by atoms with Gasteiger partial charge in [0, 0.05) is 5.56 Å². The minimum Gasteiger partial charge on any atom is -0.494 e. The summed E-state index contributed by atoms with van der Waals surface area (Å²) in [5.41, 5.74) is 1.64. The monoisotopic (exact) mass is 348 g/mol. The van der Waals surface area contributed by atoms with Crippen LogP contribution >= 0.6 is 0 Å². The van der Waals surface area contributed by atoms with Crippen molar-refractivity contribution in [3.63, 3.8) is 0 Å². The third-order valence-corrected chi connectivity index (χ3v) is 4.88. The standard InChI is InChI=1S/C18H20O5S/c1-5-22-17-9-13(3)18(10-12(17)2)24(20,21)23-16-8-6-7-15(11-16)14(4)19/h6-11H,5H2,1-4H3. The fraction of sp³-hybridized carbons (Fsp3) is 0.278. The van der Waals surface area contributed by atoms with Crippen molar-refractivity contribution in [3.05, 3.63) is 53.1 Å². The molecule has 2 aromatic rings. The molecule has 2 rings (SSSR count). The minimum absolute atomic E-state index is 0.0803. The fourth-order valence-corrected chi connectivity index (χ4v) is 3.50. The first-order valence-corrected chi connectivity index (χ1v) is 8.95. The Morgan fingerprint density at radius 1 is 1.08 bits per heavy atom. The number of hydrogen-bond acceptors (Lipinski definition) is 5. The molecule has 0 aromatic heterocycles. The lowest BCUT2D eigenvalue weighted by Gasteiger charge is -2.13. The molecule has 0 bridgehead atoms. The second kappa shape index (κ2) is 7.05. The molecule has 0 aliphatic carbocycles. The van der Waals surface area contributed by atoms with Gasteiger partial charge in [-0.3, -0.25) is 4.79 Å². The van der Waals surface area contributed by atoms with E-state index in [1.807, 2.05) is 6.92 Å². The zero-order chi connectivity index (χ0) is 17.9. The molecule has 0 amide bonds. The topological polar surface area (TPSA) is 69.7 Å². The first kappa shape index (κ1) is 18.0. The molecule has 6 heteroatoms. The van der Waals surface area contributed by atoms with Crippen molar-refractivity contribution < 1.29 is 22.1 Å². The van der Waals surface area contributed by atoms with E-state index in [1.54, 1.807) is 32.0 Å². The van der Waals surface area contributed by atoms with Gasteiger partial charge in [0.2, 0.25) is 0 Å². The Hall–Kier alpha value is -2.34. The first-order valence-electron chi connectivity index (χ1n) is 7.54. The van der Waals surface area contributed by atoms with E-state index in [0.29, 0.717) is 29.0 Å². The Kier molecular flexibility index (Phi) is 5.29. The Morgan fingerprint density at radius 3 is 2.42 bits per heavy atom. The number of aryl methyl sites for hydroxylation is 2. The van der Waals surface area contributed by atoms with Crippen LogP contribution in [-0.2, 0) is 10.1 Å². The van der Waals surface area contributed by atoms with E-state index >= 15 is 0 Å². The maximum atomic E-state index is 12.6. The van der Waals surface area contributed by atoms with Crippen molar-refractivity contribution in [2.45, 2.75) is 32.6 Å². The van der Waals surface area contributed by atoms with Crippen LogP contribution in [0, 0.1) is 13.8 Å². The van der Waals surface area contributed by atoms with Crippen LogP contribution < -0.4 is 8.92 Å². The molecule has 0 spiro atoms. The lowest BCUT2D eigenvalue weighted by molar-refractivity contribution is 0.101. The van der Waals surface area contributed by atoms with E-state index in [4.69, 9.17) is 8.92 Å². The van der Waals surface area contributed by atoms with Gasteiger partial charge < -0.3 is 8.92 Å². The Bertz CT molecular complexity index is 869. The number of carbonyl (C=O) groups excluding carboxylic acids is 1. The quantitative estimate of drug-likeness (QED) is 0.588. The summed E-state index contributed by atoms with van der Waals surface area (Å²) in [5, 5.41) is 0. The number of carbonyl (C=O) groups is 1. The van der Waals surface area contributed by atoms with E-state index < -0.39 is 10.1 Å². The van der Waals surface area contributed by atoms with Crippen LogP contribution in [-0.4, -0.2) is 20.8 Å². The summed E-state index contributed by atoms with van der Waals surface area (Å²) in [4.78, 5) is 11.5. The number of ether oxygens (including phenoxy) is 1. The highest BCUT2D eigenvalue weighted by Crippen LogP contribution is 2.28. The van der Waals surface area contributed by atoms with Gasteiger partial charge in [0.1, 0.15) is 16.4 Å². The molecule has 0 atom stereocenters. The average molecular weight is 348 g/mol. The van der Waals surface area contributed by atoms with Gasteiger partial charge >= 0.3 is 10.1 Å². The zero-order valence-electron chi connectivity index (χ0n) is 14.1. The van der Waals surface area contributed by atoms with Crippen molar-refractivity contribution in [1.29, 1.82) is 0 Å². The second-order valence-electron chi connectivity index (χ2n) is 5.44. The highest BCUT2D eigenvalue weighted by atomic mass is 32.2. The summed E-state index contributed by atoms with van der Waals surface area (Å²) in [6, 6.07) is 9.31. The van der Waals surface area contributed by atoms with Crippen LogP contribution in [0.5, 0.6) is 11.5 Å². The molecule has 0 heterocycles. The molecule has 0 aliphatic rings. The lowest BCUT2D eigenvalue weighted by Crippen LogP contribution is -2.12. The van der Waals surface area contributed by atoms with Gasteiger partial charge in [-0.2, -0.15) is 8.42 Å². The van der Waals surface area contributed by atoms with Crippen molar-refractivity contribution in [2.24, 2.45) is 0 Å². The molecule has 5 nitrogen and oxygen atoms in total. The zero-order valence-corrected chi connectivity index (χ0v) is 14.9. The van der Waals surface area contributed by atoms with Crippen molar-refractivity contribution >= 4 is 15.9 Å². The smallest absolute Gasteiger partial charge is 0.339 e. The van der Waals surface area contributed by atoms with E-state index in [2.05, 4.69) is 0 Å². The predicted octanol–water partition coefficient (Wildman–Crippen LogP) is 3.67. The second-order valence-corrected chi connectivity index (χ2v) is 6.95. The van der Waals surface area contributed by atoms with E-state index in [1.165, 1.54) is 25.1 Å². The molecule has 24 heavy (non-hydrogen) atoms. The molecule has 0 fully saturated rings. The third kappa shape index (κ3) is 3.94. The van der Waals surface area contributed by atoms with Gasteiger partial charge in [0.05, 0.1) is 6.61 Å². The Labute approximate surface area is 142 Å². The number of Topliss-reactive ketones (excluding diaryl/α,β-unsaturated/α-hetero) is 1. The SMILES string of the molecule is CCOc1cc(C)c(S(=O)(=O)Oc2cccc(C(C)=O)c2)cc1C. The number of hydrogen-bond donors (Lipinski definition) is 0. The van der Waals surface area contributed by atoms with Crippen LogP contribution in [0.1, 0.15) is 35.3 Å². The number of rotatable bonds is 6. The highest BCUT2D eigenvalue weighted by Gasteiger charge is 2.21. The molecular weight excluding hydrogens is 328 g/mol. The molecule has 0 saturated carbocycles. The summed E-state index contributed by atoms with van der Waals surface area (Å²) >= 11 is 0. The first-order chi connectivity index (χ1) is 11.2. The largest absolute Gasteiger partial charge is 0.494 e. The molecule has 128 valence electrons. The third-order valence-electron chi connectivity index (χ3n) is 3.49. The minimum atomic E-state index is -4.01. The highest BCUT2D eigenvalue weighted by molar-refractivity contribution is 7.87. The summed E-state index contributed by atoms with van der Waals surface area (Å²) in [5.74, 6) is 0.590. The van der Waals surface area contributed by atoms with Gasteiger partial charge in [-0.05, 0) is 63.1 Å². The normalized spacial score (nSPS) is 11.2. The fourth-order valence-electron chi connectivity index (χ4n) is 2.28. The molecule has 0 N–H and O–H groups in total. The summed E-state index contributed by atoms with van der Waals surface area (Å²) < 4.78 is 35.8. The Morgan fingerprint density at radius 2 is 1.79 bits per heavy atom. The number of benzene rings is 2.